The molecule has 0 saturated carbocycles. The van der Waals surface area contributed by atoms with Gasteiger partial charge in [0, 0.05) is 16.1 Å². The van der Waals surface area contributed by atoms with Crippen molar-refractivity contribution in [2.24, 2.45) is 0 Å². The summed E-state index contributed by atoms with van der Waals surface area (Å²) in [5.41, 5.74) is 1.71. The summed E-state index contributed by atoms with van der Waals surface area (Å²) in [5.74, 6) is -0.194. The van der Waals surface area contributed by atoms with E-state index in [1.54, 1.807) is 24.3 Å². The quantitative estimate of drug-likeness (QED) is 0.744. The third-order valence-electron chi connectivity index (χ3n) is 3.30. The van der Waals surface area contributed by atoms with Crippen LogP contribution in [0.3, 0.4) is 0 Å². The van der Waals surface area contributed by atoms with Gasteiger partial charge in [-0.15, -0.1) is 11.8 Å². The van der Waals surface area contributed by atoms with Gasteiger partial charge in [0.15, 0.2) is 0 Å². The Morgan fingerprint density at radius 2 is 1.95 bits per heavy atom. The van der Waals surface area contributed by atoms with Crippen LogP contribution in [0.15, 0.2) is 47.4 Å². The van der Waals surface area contributed by atoms with Gasteiger partial charge in [0.1, 0.15) is 5.75 Å². The second kappa shape index (κ2) is 5.73. The maximum Gasteiger partial charge on any atom is 0.255 e. The second-order valence-electron chi connectivity index (χ2n) is 4.96. The third kappa shape index (κ3) is 2.92. The monoisotopic (exact) mass is 314 g/mol. The molecule has 0 spiro atoms. The minimum atomic E-state index is -0.272. The highest BCUT2D eigenvalue weighted by Gasteiger charge is 2.23. The highest BCUT2D eigenvalue weighted by molar-refractivity contribution is 8.00. The topological polar surface area (TPSA) is 78.4 Å². The van der Waals surface area contributed by atoms with Gasteiger partial charge < -0.3 is 15.7 Å². The van der Waals surface area contributed by atoms with Crippen LogP contribution in [0, 0.1) is 0 Å². The van der Waals surface area contributed by atoms with Crippen molar-refractivity contribution in [3.8, 4) is 5.75 Å². The predicted molar refractivity (Wildman–Crippen MR) is 86.5 cm³/mol. The Morgan fingerprint density at radius 3 is 2.68 bits per heavy atom. The lowest BCUT2D eigenvalue weighted by atomic mass is 10.1. The van der Waals surface area contributed by atoms with E-state index in [1.165, 1.54) is 23.9 Å². The number of aromatic hydroxyl groups is 1. The first kappa shape index (κ1) is 14.5. The summed E-state index contributed by atoms with van der Waals surface area (Å²) in [6, 6.07) is 11.5. The largest absolute Gasteiger partial charge is 0.508 e. The molecule has 0 saturated heterocycles. The average molecular weight is 314 g/mol. The van der Waals surface area contributed by atoms with Gasteiger partial charge in [0.2, 0.25) is 5.91 Å². The number of anilines is 2. The van der Waals surface area contributed by atoms with Crippen molar-refractivity contribution in [2.75, 3.05) is 10.6 Å². The van der Waals surface area contributed by atoms with Crippen molar-refractivity contribution in [1.82, 2.24) is 0 Å². The summed E-state index contributed by atoms with van der Waals surface area (Å²) in [7, 11) is 0. The van der Waals surface area contributed by atoms with Gasteiger partial charge in [-0.2, -0.15) is 0 Å². The van der Waals surface area contributed by atoms with Crippen LogP contribution in [0.2, 0.25) is 0 Å². The molecule has 1 atom stereocenters. The van der Waals surface area contributed by atoms with E-state index in [-0.39, 0.29) is 22.8 Å². The van der Waals surface area contributed by atoms with Crippen molar-refractivity contribution in [2.45, 2.75) is 17.1 Å². The van der Waals surface area contributed by atoms with Gasteiger partial charge in [-0.05, 0) is 49.4 Å². The van der Waals surface area contributed by atoms with E-state index in [4.69, 9.17) is 0 Å². The zero-order valence-electron chi connectivity index (χ0n) is 11.8. The molecule has 1 aliphatic rings. The lowest BCUT2D eigenvalue weighted by Crippen LogP contribution is -2.26. The minimum Gasteiger partial charge on any atom is -0.508 e. The molecule has 22 heavy (non-hydrogen) atoms. The number of benzene rings is 2. The van der Waals surface area contributed by atoms with E-state index in [2.05, 4.69) is 10.6 Å². The Hall–Kier alpha value is -2.47. The minimum absolute atomic E-state index is 0.0615. The zero-order valence-corrected chi connectivity index (χ0v) is 12.6. The number of phenolic OH excluding ortho intramolecular Hbond substituents is 1. The van der Waals surface area contributed by atoms with E-state index in [9.17, 15) is 14.7 Å². The Balaban J connectivity index is 1.80. The molecule has 2 amide bonds. The summed E-state index contributed by atoms with van der Waals surface area (Å²) in [6.45, 7) is 1.84. The molecule has 1 unspecified atom stereocenters. The Morgan fingerprint density at radius 1 is 1.23 bits per heavy atom. The summed E-state index contributed by atoms with van der Waals surface area (Å²) < 4.78 is 0. The van der Waals surface area contributed by atoms with Gasteiger partial charge in [-0.1, -0.05) is 0 Å². The summed E-state index contributed by atoms with van der Waals surface area (Å²) in [5, 5.41) is 14.6. The molecule has 112 valence electrons. The number of hydrogen-bond acceptors (Lipinski definition) is 4. The van der Waals surface area contributed by atoms with E-state index in [0.29, 0.717) is 16.9 Å². The number of phenols is 1. The molecule has 2 aromatic carbocycles. The van der Waals surface area contributed by atoms with E-state index >= 15 is 0 Å². The van der Waals surface area contributed by atoms with Crippen LogP contribution in [-0.2, 0) is 4.79 Å². The van der Waals surface area contributed by atoms with Gasteiger partial charge in [-0.25, -0.2) is 0 Å². The standard InChI is InChI=1S/C16H14N2O3S/c1-9-15(20)18-13-8-10(2-7-14(13)22-9)16(21)17-11-3-5-12(19)6-4-11/h2-9,19H,1H3,(H,17,21)(H,18,20). The van der Waals surface area contributed by atoms with Gasteiger partial charge >= 0.3 is 0 Å². The first-order chi connectivity index (χ1) is 10.5. The molecule has 0 fully saturated rings. The Labute approximate surface area is 131 Å². The van der Waals surface area contributed by atoms with Crippen LogP contribution in [0.1, 0.15) is 17.3 Å². The molecule has 1 heterocycles. The summed E-state index contributed by atoms with van der Waals surface area (Å²) in [4.78, 5) is 24.9. The van der Waals surface area contributed by atoms with Crippen LogP contribution in [0.4, 0.5) is 11.4 Å². The van der Waals surface area contributed by atoms with Crippen LogP contribution in [0.25, 0.3) is 0 Å². The van der Waals surface area contributed by atoms with Gasteiger partial charge in [-0.3, -0.25) is 9.59 Å². The molecule has 0 bridgehead atoms. The molecule has 2 aromatic rings. The van der Waals surface area contributed by atoms with Crippen LogP contribution in [-0.4, -0.2) is 22.2 Å². The molecule has 0 radical (unpaired) electrons. The number of thioether (sulfide) groups is 1. The summed E-state index contributed by atoms with van der Waals surface area (Å²) >= 11 is 1.47. The van der Waals surface area contributed by atoms with Gasteiger partial charge in [0.25, 0.3) is 5.91 Å². The smallest absolute Gasteiger partial charge is 0.255 e. The van der Waals surface area contributed by atoms with Crippen molar-refractivity contribution in [1.29, 1.82) is 0 Å². The molecular formula is C16H14N2O3S. The van der Waals surface area contributed by atoms with Crippen molar-refractivity contribution < 1.29 is 14.7 Å². The molecule has 3 rings (SSSR count). The number of carbonyl (C=O) groups is 2. The van der Waals surface area contributed by atoms with Crippen LogP contribution < -0.4 is 10.6 Å². The van der Waals surface area contributed by atoms with Gasteiger partial charge in [0.05, 0.1) is 10.9 Å². The molecule has 0 aliphatic carbocycles. The third-order valence-corrected chi connectivity index (χ3v) is 4.48. The number of carbonyl (C=O) groups excluding carboxylic acids is 2. The lowest BCUT2D eigenvalue weighted by molar-refractivity contribution is -0.115. The molecular weight excluding hydrogens is 300 g/mol. The molecule has 0 aromatic heterocycles. The molecule has 5 nitrogen and oxygen atoms in total. The van der Waals surface area contributed by atoms with Crippen LogP contribution in [0.5, 0.6) is 5.75 Å². The number of hydrogen-bond donors (Lipinski definition) is 3. The highest BCUT2D eigenvalue weighted by Crippen LogP contribution is 2.36. The van der Waals surface area contributed by atoms with Crippen molar-refractivity contribution in [3.05, 3.63) is 48.0 Å². The number of fused-ring (bicyclic) bond motifs is 1. The fraction of sp³-hybridized carbons (Fsp3) is 0.125. The fourth-order valence-corrected chi connectivity index (χ4v) is 3.03. The maximum atomic E-state index is 12.2. The van der Waals surface area contributed by atoms with E-state index in [1.807, 2.05) is 13.0 Å². The average Bonchev–Trinajstić information content (AvgIpc) is 2.50. The molecule has 6 heteroatoms. The normalized spacial score (nSPS) is 16.6. The highest BCUT2D eigenvalue weighted by atomic mass is 32.2. The van der Waals surface area contributed by atoms with Crippen molar-refractivity contribution >= 4 is 35.0 Å². The number of nitrogens with one attached hydrogen (secondary N) is 2. The fourth-order valence-electron chi connectivity index (χ4n) is 2.10. The Kier molecular flexibility index (Phi) is 3.77. The first-order valence-electron chi connectivity index (χ1n) is 6.75. The van der Waals surface area contributed by atoms with E-state index in [0.717, 1.165) is 4.90 Å². The molecule has 1 aliphatic heterocycles. The molecule has 3 N–H and O–H groups in total. The SMILES string of the molecule is CC1Sc2ccc(C(=O)Nc3ccc(O)cc3)cc2NC1=O. The van der Waals surface area contributed by atoms with E-state index < -0.39 is 0 Å². The second-order valence-corrected chi connectivity index (χ2v) is 6.34. The lowest BCUT2D eigenvalue weighted by Gasteiger charge is -2.21. The van der Waals surface area contributed by atoms with Crippen molar-refractivity contribution in [3.63, 3.8) is 0 Å². The Bertz CT molecular complexity index is 744. The number of rotatable bonds is 2. The summed E-state index contributed by atoms with van der Waals surface area (Å²) in [6.07, 6.45) is 0. The number of amides is 2. The maximum absolute atomic E-state index is 12.2. The predicted octanol–water partition coefficient (Wildman–Crippen LogP) is 3.08. The first-order valence-corrected chi connectivity index (χ1v) is 7.63. The zero-order chi connectivity index (χ0) is 15.7. The van der Waals surface area contributed by atoms with Crippen LogP contribution >= 0.6 is 11.8 Å².